The van der Waals surface area contributed by atoms with Crippen LogP contribution < -0.4 is 10.6 Å². The van der Waals surface area contributed by atoms with Crippen LogP contribution in [0.25, 0.3) is 0 Å². The predicted octanol–water partition coefficient (Wildman–Crippen LogP) is 2.87. The average Bonchev–Trinajstić information content (AvgIpc) is 2.39. The maximum Gasteiger partial charge on any atom is 0.221 e. The molecule has 1 atom stereocenters. The zero-order chi connectivity index (χ0) is 14.3. The zero-order valence-corrected chi connectivity index (χ0v) is 12.1. The Morgan fingerprint density at radius 1 is 1.47 bits per heavy atom. The molecule has 0 spiro atoms. The summed E-state index contributed by atoms with van der Waals surface area (Å²) in [5.41, 5.74) is 0.509. The van der Waals surface area contributed by atoms with Crippen LogP contribution in [0.2, 0.25) is 5.02 Å². The smallest absolute Gasteiger partial charge is 0.221 e. The first-order valence-corrected chi connectivity index (χ1v) is 6.85. The summed E-state index contributed by atoms with van der Waals surface area (Å²) in [6.45, 7) is 4.86. The summed E-state index contributed by atoms with van der Waals surface area (Å²) in [6.07, 6.45) is 1.29. The van der Waals surface area contributed by atoms with Crippen molar-refractivity contribution in [3.05, 3.63) is 34.6 Å². The van der Waals surface area contributed by atoms with Gasteiger partial charge in [-0.2, -0.15) is 0 Å². The van der Waals surface area contributed by atoms with E-state index in [4.69, 9.17) is 11.6 Å². The van der Waals surface area contributed by atoms with Crippen molar-refractivity contribution < 1.29 is 9.18 Å². The van der Waals surface area contributed by atoms with Crippen LogP contribution in [0, 0.1) is 5.82 Å². The third kappa shape index (κ3) is 5.57. The topological polar surface area (TPSA) is 41.1 Å². The fraction of sp³-hybridized carbons (Fsp3) is 0.500. The summed E-state index contributed by atoms with van der Waals surface area (Å²) >= 11 is 5.68. The quantitative estimate of drug-likeness (QED) is 0.757. The minimum atomic E-state index is -0.402. The SMILES string of the molecule is CCC(C)NC(=O)CCNCc1cccc(Cl)c1F. The number of hydrogen-bond donors (Lipinski definition) is 2. The average molecular weight is 287 g/mol. The highest BCUT2D eigenvalue weighted by atomic mass is 35.5. The lowest BCUT2D eigenvalue weighted by Gasteiger charge is -2.11. The van der Waals surface area contributed by atoms with Crippen LogP contribution in [-0.4, -0.2) is 18.5 Å². The Morgan fingerprint density at radius 3 is 2.89 bits per heavy atom. The Labute approximate surface area is 118 Å². The molecular weight excluding hydrogens is 267 g/mol. The van der Waals surface area contributed by atoms with E-state index in [1.807, 2.05) is 13.8 Å². The van der Waals surface area contributed by atoms with E-state index in [0.29, 0.717) is 25.1 Å². The zero-order valence-electron chi connectivity index (χ0n) is 11.3. The Kier molecular flexibility index (Phi) is 6.81. The number of amides is 1. The van der Waals surface area contributed by atoms with Crippen molar-refractivity contribution in [2.45, 2.75) is 39.3 Å². The lowest BCUT2D eigenvalue weighted by molar-refractivity contribution is -0.121. The molecule has 3 nitrogen and oxygen atoms in total. The van der Waals surface area contributed by atoms with Gasteiger partial charge in [-0.05, 0) is 19.4 Å². The fourth-order valence-corrected chi connectivity index (χ4v) is 1.75. The molecule has 0 radical (unpaired) electrons. The van der Waals surface area contributed by atoms with Crippen LogP contribution in [0.4, 0.5) is 4.39 Å². The maximum absolute atomic E-state index is 13.6. The Hall–Kier alpha value is -1.13. The molecule has 0 bridgehead atoms. The number of halogens is 2. The molecule has 0 aliphatic rings. The molecule has 1 aromatic carbocycles. The Balaban J connectivity index is 2.27. The second-order valence-electron chi connectivity index (χ2n) is 4.52. The van der Waals surface area contributed by atoms with Crippen LogP contribution in [0.3, 0.4) is 0 Å². The minimum absolute atomic E-state index is 0.00779. The molecular formula is C14H20ClFN2O. The molecule has 0 saturated heterocycles. The molecule has 5 heteroatoms. The Morgan fingerprint density at radius 2 is 2.21 bits per heavy atom. The maximum atomic E-state index is 13.6. The van der Waals surface area contributed by atoms with Gasteiger partial charge >= 0.3 is 0 Å². The van der Waals surface area contributed by atoms with Crippen molar-refractivity contribution in [3.8, 4) is 0 Å². The molecule has 0 aromatic heterocycles. The van der Waals surface area contributed by atoms with Crippen LogP contribution in [-0.2, 0) is 11.3 Å². The highest BCUT2D eigenvalue weighted by Gasteiger charge is 2.07. The van der Waals surface area contributed by atoms with Crippen LogP contribution in [0.5, 0.6) is 0 Å². The first-order chi connectivity index (χ1) is 9.04. The summed E-state index contributed by atoms with van der Waals surface area (Å²) in [5.74, 6) is -0.394. The van der Waals surface area contributed by atoms with E-state index in [0.717, 1.165) is 6.42 Å². The van der Waals surface area contributed by atoms with Gasteiger partial charge in [0.1, 0.15) is 5.82 Å². The number of carbonyl (C=O) groups excluding carboxylic acids is 1. The van der Waals surface area contributed by atoms with Gasteiger partial charge in [-0.3, -0.25) is 4.79 Å². The molecule has 0 fully saturated rings. The number of benzene rings is 1. The summed E-state index contributed by atoms with van der Waals surface area (Å²) in [7, 11) is 0. The van der Waals surface area contributed by atoms with Crippen molar-refractivity contribution in [2.75, 3.05) is 6.54 Å². The molecule has 1 amide bonds. The number of carbonyl (C=O) groups is 1. The molecule has 0 aliphatic heterocycles. The van der Waals surface area contributed by atoms with E-state index in [1.54, 1.807) is 12.1 Å². The van der Waals surface area contributed by atoms with Gasteiger partial charge in [0.05, 0.1) is 5.02 Å². The number of hydrogen-bond acceptors (Lipinski definition) is 2. The van der Waals surface area contributed by atoms with Crippen molar-refractivity contribution in [2.24, 2.45) is 0 Å². The molecule has 106 valence electrons. The molecule has 0 heterocycles. The third-order valence-corrected chi connectivity index (χ3v) is 3.19. The summed E-state index contributed by atoms with van der Waals surface area (Å²) < 4.78 is 13.6. The normalized spacial score (nSPS) is 12.2. The summed E-state index contributed by atoms with van der Waals surface area (Å²) in [4.78, 5) is 11.5. The standard InChI is InChI=1S/C14H20ClFN2O/c1-3-10(2)18-13(19)7-8-17-9-11-5-4-6-12(15)14(11)16/h4-6,10,17H,3,7-9H2,1-2H3,(H,18,19). The van der Waals surface area contributed by atoms with Gasteiger partial charge in [0.15, 0.2) is 0 Å². The summed E-state index contributed by atoms with van der Waals surface area (Å²) in [5, 5.41) is 6.03. The van der Waals surface area contributed by atoms with E-state index in [1.165, 1.54) is 6.07 Å². The summed E-state index contributed by atoms with van der Waals surface area (Å²) in [6, 6.07) is 5.09. The lowest BCUT2D eigenvalue weighted by Crippen LogP contribution is -2.33. The van der Waals surface area contributed by atoms with Gasteiger partial charge < -0.3 is 10.6 Å². The van der Waals surface area contributed by atoms with Crippen molar-refractivity contribution in [1.82, 2.24) is 10.6 Å². The first kappa shape index (κ1) is 15.9. The highest BCUT2D eigenvalue weighted by Crippen LogP contribution is 2.17. The molecule has 0 aliphatic carbocycles. The van der Waals surface area contributed by atoms with E-state index in [-0.39, 0.29) is 17.0 Å². The molecule has 1 aromatic rings. The Bertz CT molecular complexity index is 426. The van der Waals surface area contributed by atoms with E-state index in [2.05, 4.69) is 10.6 Å². The number of rotatable bonds is 7. The van der Waals surface area contributed by atoms with Gasteiger partial charge in [-0.25, -0.2) is 4.39 Å². The van der Waals surface area contributed by atoms with Gasteiger partial charge in [-0.15, -0.1) is 0 Å². The van der Waals surface area contributed by atoms with Gasteiger partial charge in [0.25, 0.3) is 0 Å². The predicted molar refractivity (Wildman–Crippen MR) is 75.6 cm³/mol. The van der Waals surface area contributed by atoms with Gasteiger partial charge in [0.2, 0.25) is 5.91 Å². The van der Waals surface area contributed by atoms with Crippen LogP contribution in [0.15, 0.2) is 18.2 Å². The third-order valence-electron chi connectivity index (χ3n) is 2.90. The first-order valence-electron chi connectivity index (χ1n) is 6.47. The van der Waals surface area contributed by atoms with Crippen molar-refractivity contribution in [1.29, 1.82) is 0 Å². The van der Waals surface area contributed by atoms with Crippen molar-refractivity contribution in [3.63, 3.8) is 0 Å². The van der Waals surface area contributed by atoms with Crippen LogP contribution in [0.1, 0.15) is 32.3 Å². The van der Waals surface area contributed by atoms with Gasteiger partial charge in [-0.1, -0.05) is 30.7 Å². The molecule has 0 saturated carbocycles. The molecule has 1 rings (SSSR count). The molecule has 19 heavy (non-hydrogen) atoms. The second kappa shape index (κ2) is 8.12. The number of nitrogens with one attached hydrogen (secondary N) is 2. The molecule has 1 unspecified atom stereocenters. The van der Waals surface area contributed by atoms with Crippen molar-refractivity contribution >= 4 is 17.5 Å². The van der Waals surface area contributed by atoms with E-state index < -0.39 is 5.82 Å². The van der Waals surface area contributed by atoms with Gasteiger partial charge in [0, 0.05) is 31.1 Å². The van der Waals surface area contributed by atoms with E-state index in [9.17, 15) is 9.18 Å². The second-order valence-corrected chi connectivity index (χ2v) is 4.92. The van der Waals surface area contributed by atoms with E-state index >= 15 is 0 Å². The van der Waals surface area contributed by atoms with Crippen LogP contribution >= 0.6 is 11.6 Å². The highest BCUT2D eigenvalue weighted by molar-refractivity contribution is 6.30. The fourth-order valence-electron chi connectivity index (χ4n) is 1.56. The monoisotopic (exact) mass is 286 g/mol. The molecule has 2 N–H and O–H groups in total. The largest absolute Gasteiger partial charge is 0.354 e. The minimum Gasteiger partial charge on any atom is -0.354 e. The lowest BCUT2D eigenvalue weighted by atomic mass is 10.2.